The number of rotatable bonds is 6. The number of aliphatic hydroxyl groups excluding tert-OH is 1. The molecule has 2 rings (SSSR count). The molecule has 0 radical (unpaired) electrons. The minimum Gasteiger partial charge on any atom is -0.396 e. The quantitative estimate of drug-likeness (QED) is 0.863. The molecule has 0 saturated carbocycles. The molecule has 0 aliphatic rings. The summed E-state index contributed by atoms with van der Waals surface area (Å²) in [6.45, 7) is 2.08. The first kappa shape index (κ1) is 13.7. The van der Waals surface area contributed by atoms with Gasteiger partial charge in [0.2, 0.25) is 0 Å². The van der Waals surface area contributed by atoms with Gasteiger partial charge in [0.25, 0.3) is 0 Å². The van der Waals surface area contributed by atoms with Crippen LogP contribution in [0.5, 0.6) is 0 Å². The topological polar surface area (TPSA) is 36.4 Å². The van der Waals surface area contributed by atoms with Gasteiger partial charge < -0.3 is 10.0 Å². The molecule has 1 heterocycles. The van der Waals surface area contributed by atoms with E-state index in [0.717, 1.165) is 25.1 Å². The lowest BCUT2D eigenvalue weighted by Crippen LogP contribution is -2.19. The summed E-state index contributed by atoms with van der Waals surface area (Å²) in [5, 5.41) is 8.81. The molecule has 3 nitrogen and oxygen atoms in total. The molecule has 0 aliphatic carbocycles. The van der Waals surface area contributed by atoms with Gasteiger partial charge >= 0.3 is 0 Å². The Hall–Kier alpha value is -1.71. The van der Waals surface area contributed by atoms with Crippen LogP contribution < -0.4 is 0 Å². The SMILES string of the molecule is CN(CCCO)Cc1ccc(-c2cccnc2)cc1. The minimum absolute atomic E-state index is 0.254. The van der Waals surface area contributed by atoms with Crippen LogP contribution >= 0.6 is 0 Å². The predicted molar refractivity (Wildman–Crippen MR) is 77.7 cm³/mol. The largest absolute Gasteiger partial charge is 0.396 e. The molecule has 0 amide bonds. The van der Waals surface area contributed by atoms with E-state index in [1.54, 1.807) is 6.20 Å². The van der Waals surface area contributed by atoms with Gasteiger partial charge in [0.15, 0.2) is 0 Å². The molecule has 1 aromatic carbocycles. The maximum atomic E-state index is 8.81. The third kappa shape index (κ3) is 4.16. The van der Waals surface area contributed by atoms with Crippen LogP contribution in [0, 0.1) is 0 Å². The first-order valence-electron chi connectivity index (χ1n) is 6.58. The van der Waals surface area contributed by atoms with E-state index in [1.807, 2.05) is 12.3 Å². The second-order valence-electron chi connectivity index (χ2n) is 4.75. The molecule has 19 heavy (non-hydrogen) atoms. The number of hydrogen-bond acceptors (Lipinski definition) is 3. The van der Waals surface area contributed by atoms with Gasteiger partial charge in [-0.2, -0.15) is 0 Å². The van der Waals surface area contributed by atoms with Gasteiger partial charge in [-0.1, -0.05) is 30.3 Å². The number of aliphatic hydroxyl groups is 1. The van der Waals surface area contributed by atoms with E-state index in [0.29, 0.717) is 0 Å². The Bertz CT molecular complexity index is 482. The molecular formula is C16H20N2O. The molecule has 0 fully saturated rings. The Kier molecular flexibility index (Phi) is 5.07. The van der Waals surface area contributed by atoms with Crippen molar-refractivity contribution in [3.63, 3.8) is 0 Å². The van der Waals surface area contributed by atoms with Gasteiger partial charge in [-0.05, 0) is 36.2 Å². The van der Waals surface area contributed by atoms with E-state index in [1.165, 1.54) is 11.1 Å². The number of aromatic nitrogens is 1. The number of benzene rings is 1. The molecule has 2 aromatic rings. The van der Waals surface area contributed by atoms with Crippen molar-refractivity contribution in [3.8, 4) is 11.1 Å². The van der Waals surface area contributed by atoms with Crippen molar-refractivity contribution < 1.29 is 5.11 Å². The zero-order valence-electron chi connectivity index (χ0n) is 11.3. The van der Waals surface area contributed by atoms with Gasteiger partial charge in [0.1, 0.15) is 0 Å². The van der Waals surface area contributed by atoms with E-state index in [2.05, 4.69) is 47.3 Å². The third-order valence-electron chi connectivity index (χ3n) is 3.10. The molecule has 3 heteroatoms. The fourth-order valence-electron chi connectivity index (χ4n) is 2.07. The Morgan fingerprint density at radius 2 is 1.89 bits per heavy atom. The van der Waals surface area contributed by atoms with Crippen LogP contribution in [0.4, 0.5) is 0 Å². The van der Waals surface area contributed by atoms with Crippen LogP contribution in [0.15, 0.2) is 48.8 Å². The second kappa shape index (κ2) is 7.02. The highest BCUT2D eigenvalue weighted by Gasteiger charge is 2.01. The molecule has 0 unspecified atom stereocenters. The van der Waals surface area contributed by atoms with E-state index >= 15 is 0 Å². The van der Waals surface area contributed by atoms with Crippen molar-refractivity contribution >= 4 is 0 Å². The third-order valence-corrected chi connectivity index (χ3v) is 3.10. The van der Waals surface area contributed by atoms with Crippen molar-refractivity contribution in [2.24, 2.45) is 0 Å². The van der Waals surface area contributed by atoms with Crippen molar-refractivity contribution in [1.82, 2.24) is 9.88 Å². The van der Waals surface area contributed by atoms with Crippen molar-refractivity contribution in [2.45, 2.75) is 13.0 Å². The highest BCUT2D eigenvalue weighted by atomic mass is 16.3. The molecule has 0 atom stereocenters. The average Bonchev–Trinajstić information content (AvgIpc) is 2.47. The maximum Gasteiger partial charge on any atom is 0.0443 e. The lowest BCUT2D eigenvalue weighted by Gasteiger charge is -2.16. The zero-order chi connectivity index (χ0) is 13.5. The monoisotopic (exact) mass is 256 g/mol. The van der Waals surface area contributed by atoms with Crippen LogP contribution in [0.25, 0.3) is 11.1 Å². The first-order valence-corrected chi connectivity index (χ1v) is 6.58. The number of nitrogens with zero attached hydrogens (tertiary/aromatic N) is 2. The van der Waals surface area contributed by atoms with Crippen LogP contribution in [0.1, 0.15) is 12.0 Å². The molecular weight excluding hydrogens is 236 g/mol. The van der Waals surface area contributed by atoms with Crippen LogP contribution in [-0.2, 0) is 6.54 Å². The normalized spacial score (nSPS) is 10.9. The van der Waals surface area contributed by atoms with Crippen molar-refractivity contribution in [2.75, 3.05) is 20.2 Å². The fourth-order valence-corrected chi connectivity index (χ4v) is 2.07. The summed E-state index contributed by atoms with van der Waals surface area (Å²) < 4.78 is 0. The Balaban J connectivity index is 1.99. The van der Waals surface area contributed by atoms with E-state index in [-0.39, 0.29) is 6.61 Å². The van der Waals surface area contributed by atoms with E-state index in [4.69, 9.17) is 5.11 Å². The standard InChI is InChI=1S/C16H20N2O/c1-18(10-3-11-19)13-14-5-7-15(8-6-14)16-4-2-9-17-12-16/h2,4-9,12,19H,3,10-11,13H2,1H3. The van der Waals surface area contributed by atoms with Crippen molar-refractivity contribution in [3.05, 3.63) is 54.4 Å². The van der Waals surface area contributed by atoms with Gasteiger partial charge in [0, 0.05) is 32.1 Å². The summed E-state index contributed by atoms with van der Waals surface area (Å²) in [4.78, 5) is 6.35. The van der Waals surface area contributed by atoms with Crippen LogP contribution in [0.2, 0.25) is 0 Å². The van der Waals surface area contributed by atoms with Gasteiger partial charge in [-0.25, -0.2) is 0 Å². The lowest BCUT2D eigenvalue weighted by molar-refractivity contribution is 0.244. The smallest absolute Gasteiger partial charge is 0.0443 e. The molecule has 0 bridgehead atoms. The average molecular weight is 256 g/mol. The summed E-state index contributed by atoms with van der Waals surface area (Å²) >= 11 is 0. The summed E-state index contributed by atoms with van der Waals surface area (Å²) in [6, 6.07) is 12.6. The second-order valence-corrected chi connectivity index (χ2v) is 4.75. The molecule has 0 spiro atoms. The van der Waals surface area contributed by atoms with E-state index in [9.17, 15) is 0 Å². The minimum atomic E-state index is 0.254. The van der Waals surface area contributed by atoms with E-state index < -0.39 is 0 Å². The summed E-state index contributed by atoms with van der Waals surface area (Å²) in [7, 11) is 2.07. The van der Waals surface area contributed by atoms with Crippen LogP contribution in [-0.4, -0.2) is 35.2 Å². The molecule has 1 aromatic heterocycles. The zero-order valence-corrected chi connectivity index (χ0v) is 11.3. The molecule has 1 N–H and O–H groups in total. The molecule has 100 valence electrons. The molecule has 0 saturated heterocycles. The van der Waals surface area contributed by atoms with Gasteiger partial charge in [0.05, 0.1) is 0 Å². The van der Waals surface area contributed by atoms with Gasteiger partial charge in [-0.3, -0.25) is 4.98 Å². The highest BCUT2D eigenvalue weighted by Crippen LogP contribution is 2.18. The summed E-state index contributed by atoms with van der Waals surface area (Å²) in [5.74, 6) is 0. The summed E-state index contributed by atoms with van der Waals surface area (Å²) in [6.07, 6.45) is 4.49. The Morgan fingerprint density at radius 3 is 2.53 bits per heavy atom. The lowest BCUT2D eigenvalue weighted by atomic mass is 10.1. The van der Waals surface area contributed by atoms with Crippen molar-refractivity contribution in [1.29, 1.82) is 0 Å². The maximum absolute atomic E-state index is 8.81. The molecule has 0 aliphatic heterocycles. The Morgan fingerprint density at radius 1 is 1.11 bits per heavy atom. The predicted octanol–water partition coefficient (Wildman–Crippen LogP) is 2.56. The Labute approximate surface area is 114 Å². The van der Waals surface area contributed by atoms with Crippen LogP contribution in [0.3, 0.4) is 0 Å². The summed E-state index contributed by atoms with van der Waals surface area (Å²) in [5.41, 5.74) is 3.62. The fraction of sp³-hybridized carbons (Fsp3) is 0.312. The number of hydrogen-bond donors (Lipinski definition) is 1. The first-order chi connectivity index (χ1) is 9.29. The van der Waals surface area contributed by atoms with Gasteiger partial charge in [-0.15, -0.1) is 0 Å². The number of pyridine rings is 1. The highest BCUT2D eigenvalue weighted by molar-refractivity contribution is 5.62.